The number of aliphatic hydroxyl groups excluding tert-OH is 1. The van der Waals surface area contributed by atoms with E-state index in [1.807, 2.05) is 19.2 Å². The third-order valence-electron chi connectivity index (χ3n) is 3.59. The molecule has 2 rings (SSSR count). The summed E-state index contributed by atoms with van der Waals surface area (Å²) < 4.78 is 0. The molecule has 1 aliphatic rings. The van der Waals surface area contributed by atoms with Crippen LogP contribution in [0.1, 0.15) is 31.5 Å². The summed E-state index contributed by atoms with van der Waals surface area (Å²) in [5.74, 6) is 0. The maximum absolute atomic E-state index is 9.47. The summed E-state index contributed by atoms with van der Waals surface area (Å²) in [6.07, 6.45) is 2.91. The van der Waals surface area contributed by atoms with Gasteiger partial charge in [0.15, 0.2) is 0 Å². The first kappa shape index (κ1) is 9.66. The van der Waals surface area contributed by atoms with E-state index in [0.717, 1.165) is 12.1 Å². The zero-order valence-corrected chi connectivity index (χ0v) is 9.04. The van der Waals surface area contributed by atoms with Gasteiger partial charge in [0.1, 0.15) is 0 Å². The maximum Gasteiger partial charge on any atom is 0.0548 e. The summed E-state index contributed by atoms with van der Waals surface area (Å²) in [7, 11) is 0. The molecule has 0 aromatic carbocycles. The molecule has 2 nitrogen and oxygen atoms in total. The largest absolute Gasteiger partial charge is 0.395 e. The molecule has 1 aromatic rings. The smallest absolute Gasteiger partial charge is 0.0548 e. The number of pyridine rings is 1. The Morgan fingerprint density at radius 3 is 2.43 bits per heavy atom. The first-order chi connectivity index (χ1) is 6.52. The molecule has 76 valence electrons. The summed E-state index contributed by atoms with van der Waals surface area (Å²) >= 11 is 0. The molecule has 1 unspecified atom stereocenters. The molecular weight excluding hydrogens is 174 g/mol. The number of hydrogen-bond acceptors (Lipinski definition) is 2. The van der Waals surface area contributed by atoms with Crippen LogP contribution in [0.4, 0.5) is 0 Å². The second-order valence-electron chi connectivity index (χ2n) is 5.02. The lowest BCUT2D eigenvalue weighted by Crippen LogP contribution is -2.20. The number of hydrogen-bond donors (Lipinski definition) is 1. The lowest BCUT2D eigenvalue weighted by atomic mass is 9.92. The molecule has 1 atom stereocenters. The molecule has 1 N–H and O–H groups in total. The Labute approximate surface area is 85.0 Å². The van der Waals surface area contributed by atoms with E-state index in [2.05, 4.69) is 24.9 Å². The van der Waals surface area contributed by atoms with Gasteiger partial charge >= 0.3 is 0 Å². The Bertz CT molecular complexity index is 342. The van der Waals surface area contributed by atoms with Crippen molar-refractivity contribution in [1.29, 1.82) is 0 Å². The van der Waals surface area contributed by atoms with E-state index in [9.17, 15) is 5.11 Å². The van der Waals surface area contributed by atoms with Crippen molar-refractivity contribution >= 4 is 0 Å². The standard InChI is InChI=1S/C12H17NO/c1-9-4-5-10(13-6-9)12(8-14)7-11(12,2)3/h4-6,14H,7-8H2,1-3H3. The Kier molecular flexibility index (Phi) is 1.93. The van der Waals surface area contributed by atoms with Crippen LogP contribution in [-0.4, -0.2) is 16.7 Å². The topological polar surface area (TPSA) is 33.1 Å². The van der Waals surface area contributed by atoms with Crippen LogP contribution in [0.2, 0.25) is 0 Å². The van der Waals surface area contributed by atoms with Crippen molar-refractivity contribution in [2.45, 2.75) is 32.6 Å². The normalized spacial score (nSPS) is 28.9. The van der Waals surface area contributed by atoms with E-state index in [1.165, 1.54) is 5.56 Å². The second-order valence-corrected chi connectivity index (χ2v) is 5.02. The lowest BCUT2D eigenvalue weighted by molar-refractivity contribution is 0.228. The highest BCUT2D eigenvalue weighted by molar-refractivity contribution is 5.33. The van der Waals surface area contributed by atoms with Gasteiger partial charge in [0.2, 0.25) is 0 Å². The molecule has 0 radical (unpaired) electrons. The highest BCUT2D eigenvalue weighted by Gasteiger charge is 2.62. The molecule has 1 saturated carbocycles. The fraction of sp³-hybridized carbons (Fsp3) is 0.583. The fourth-order valence-corrected chi connectivity index (χ4v) is 2.25. The molecule has 1 aliphatic carbocycles. The van der Waals surface area contributed by atoms with Gasteiger partial charge in [-0.1, -0.05) is 19.9 Å². The van der Waals surface area contributed by atoms with Crippen LogP contribution < -0.4 is 0 Å². The number of aryl methyl sites for hydroxylation is 1. The number of rotatable bonds is 2. The SMILES string of the molecule is Cc1ccc(C2(CO)CC2(C)C)nc1. The van der Waals surface area contributed by atoms with Crippen molar-refractivity contribution < 1.29 is 5.11 Å². The number of aromatic nitrogens is 1. The van der Waals surface area contributed by atoms with Crippen molar-refractivity contribution in [2.24, 2.45) is 5.41 Å². The molecule has 14 heavy (non-hydrogen) atoms. The molecule has 1 heterocycles. The van der Waals surface area contributed by atoms with Crippen LogP contribution in [0, 0.1) is 12.3 Å². The fourth-order valence-electron chi connectivity index (χ4n) is 2.25. The zero-order chi connectivity index (χ0) is 10.4. The monoisotopic (exact) mass is 191 g/mol. The predicted molar refractivity (Wildman–Crippen MR) is 56.1 cm³/mol. The van der Waals surface area contributed by atoms with Crippen molar-refractivity contribution in [3.8, 4) is 0 Å². The van der Waals surface area contributed by atoms with E-state index < -0.39 is 0 Å². The van der Waals surface area contributed by atoms with Crippen LogP contribution in [0.3, 0.4) is 0 Å². The van der Waals surface area contributed by atoms with Crippen molar-refractivity contribution in [1.82, 2.24) is 4.98 Å². The summed E-state index contributed by atoms with van der Waals surface area (Å²) in [5, 5.41) is 9.47. The van der Waals surface area contributed by atoms with Gasteiger partial charge in [-0.3, -0.25) is 4.98 Å². The van der Waals surface area contributed by atoms with Gasteiger partial charge in [0, 0.05) is 17.3 Å². The molecular formula is C12H17NO. The Hall–Kier alpha value is -0.890. The van der Waals surface area contributed by atoms with Crippen molar-refractivity contribution in [3.63, 3.8) is 0 Å². The van der Waals surface area contributed by atoms with Crippen LogP contribution in [0.5, 0.6) is 0 Å². The molecule has 0 aliphatic heterocycles. The third-order valence-corrected chi connectivity index (χ3v) is 3.59. The van der Waals surface area contributed by atoms with Crippen LogP contribution >= 0.6 is 0 Å². The van der Waals surface area contributed by atoms with Gasteiger partial charge in [-0.05, 0) is 30.4 Å². The van der Waals surface area contributed by atoms with E-state index in [-0.39, 0.29) is 17.4 Å². The summed E-state index contributed by atoms with van der Waals surface area (Å²) in [4.78, 5) is 4.42. The number of nitrogens with zero attached hydrogens (tertiary/aromatic N) is 1. The summed E-state index contributed by atoms with van der Waals surface area (Å²) in [6.45, 7) is 6.60. The molecule has 0 bridgehead atoms. The van der Waals surface area contributed by atoms with Gasteiger partial charge in [-0.15, -0.1) is 0 Å². The first-order valence-corrected chi connectivity index (χ1v) is 5.06. The van der Waals surface area contributed by atoms with Gasteiger partial charge in [0.05, 0.1) is 6.61 Å². The molecule has 1 aromatic heterocycles. The Balaban J connectivity index is 2.36. The van der Waals surface area contributed by atoms with E-state index in [4.69, 9.17) is 0 Å². The highest BCUT2D eigenvalue weighted by Crippen LogP contribution is 2.63. The van der Waals surface area contributed by atoms with Gasteiger partial charge in [0.25, 0.3) is 0 Å². The summed E-state index contributed by atoms with van der Waals surface area (Å²) in [6, 6.07) is 4.11. The first-order valence-electron chi connectivity index (χ1n) is 5.06. The molecule has 2 heteroatoms. The van der Waals surface area contributed by atoms with Crippen LogP contribution in [0.15, 0.2) is 18.3 Å². The van der Waals surface area contributed by atoms with Gasteiger partial charge in [-0.25, -0.2) is 0 Å². The maximum atomic E-state index is 9.47. The van der Waals surface area contributed by atoms with Crippen LogP contribution in [0.25, 0.3) is 0 Å². The van der Waals surface area contributed by atoms with Gasteiger partial charge < -0.3 is 5.11 Å². The lowest BCUT2D eigenvalue weighted by Gasteiger charge is -2.17. The molecule has 0 spiro atoms. The Morgan fingerprint density at radius 1 is 1.43 bits per heavy atom. The molecule has 1 fully saturated rings. The zero-order valence-electron chi connectivity index (χ0n) is 9.04. The quantitative estimate of drug-likeness (QED) is 0.776. The van der Waals surface area contributed by atoms with E-state index in [0.29, 0.717) is 0 Å². The predicted octanol–water partition coefficient (Wildman–Crippen LogP) is 2.05. The van der Waals surface area contributed by atoms with Gasteiger partial charge in [-0.2, -0.15) is 0 Å². The molecule has 0 amide bonds. The number of aliphatic hydroxyl groups is 1. The van der Waals surface area contributed by atoms with Crippen LogP contribution in [-0.2, 0) is 5.41 Å². The minimum Gasteiger partial charge on any atom is -0.395 e. The highest BCUT2D eigenvalue weighted by atomic mass is 16.3. The third kappa shape index (κ3) is 1.17. The summed E-state index contributed by atoms with van der Waals surface area (Å²) in [5.41, 5.74) is 2.32. The van der Waals surface area contributed by atoms with Crippen molar-refractivity contribution in [2.75, 3.05) is 6.61 Å². The van der Waals surface area contributed by atoms with Crippen molar-refractivity contribution in [3.05, 3.63) is 29.6 Å². The minimum absolute atomic E-state index is 0.0826. The second kappa shape index (κ2) is 2.80. The molecule has 0 saturated heterocycles. The van der Waals surface area contributed by atoms with E-state index >= 15 is 0 Å². The Morgan fingerprint density at radius 2 is 2.07 bits per heavy atom. The van der Waals surface area contributed by atoms with E-state index in [1.54, 1.807) is 0 Å². The average molecular weight is 191 g/mol. The minimum atomic E-state index is -0.0826. The average Bonchev–Trinajstić information content (AvgIpc) is 2.71.